The highest BCUT2D eigenvalue weighted by Gasteiger charge is 2.53. The van der Waals surface area contributed by atoms with Crippen molar-refractivity contribution in [1.82, 2.24) is 4.90 Å². The van der Waals surface area contributed by atoms with Gasteiger partial charge < -0.3 is 10.0 Å². The van der Waals surface area contributed by atoms with Crippen molar-refractivity contribution in [2.24, 2.45) is 5.92 Å². The minimum Gasteiger partial charge on any atom is -0.386 e. The van der Waals surface area contributed by atoms with Crippen LogP contribution in [0, 0.1) is 5.92 Å². The lowest BCUT2D eigenvalue weighted by Crippen LogP contribution is -2.64. The molecule has 1 heterocycles. The van der Waals surface area contributed by atoms with E-state index in [1.165, 1.54) is 0 Å². The first-order valence-electron chi connectivity index (χ1n) is 6.29. The molecule has 1 aromatic carbocycles. The number of hydrogen-bond donors (Lipinski definition) is 1. The van der Waals surface area contributed by atoms with Gasteiger partial charge in [0.25, 0.3) is 5.91 Å². The molecule has 96 valence electrons. The maximum atomic E-state index is 12.1. The summed E-state index contributed by atoms with van der Waals surface area (Å²) in [5.41, 5.74) is 1.07. The number of amides is 1. The van der Waals surface area contributed by atoms with E-state index in [2.05, 4.69) is 0 Å². The molecule has 18 heavy (non-hydrogen) atoms. The van der Waals surface area contributed by atoms with E-state index >= 15 is 0 Å². The lowest BCUT2D eigenvalue weighted by atomic mass is 9.88. The normalized spacial score (nSPS) is 21.6. The van der Waals surface area contributed by atoms with Gasteiger partial charge in [0.1, 0.15) is 5.60 Å². The van der Waals surface area contributed by atoms with E-state index in [1.54, 1.807) is 17.0 Å². The Morgan fingerprint density at radius 1 is 1.33 bits per heavy atom. The molecule has 1 aliphatic heterocycles. The molecule has 1 aliphatic carbocycles. The van der Waals surface area contributed by atoms with Gasteiger partial charge in [-0.3, -0.25) is 4.79 Å². The van der Waals surface area contributed by atoms with Gasteiger partial charge in [0.15, 0.2) is 0 Å². The average molecular weight is 266 g/mol. The number of aliphatic hydroxyl groups is 1. The van der Waals surface area contributed by atoms with E-state index in [0.29, 0.717) is 30.5 Å². The molecule has 3 nitrogen and oxygen atoms in total. The van der Waals surface area contributed by atoms with Crippen molar-refractivity contribution in [3.05, 3.63) is 35.4 Å². The maximum Gasteiger partial charge on any atom is 0.254 e. The number of β-amino-alcohol motifs (C(OH)–C–C–N with tert-alkyl or cyclic N) is 1. The van der Waals surface area contributed by atoms with Crippen LogP contribution in [0.5, 0.6) is 0 Å². The highest BCUT2D eigenvalue weighted by molar-refractivity contribution is 6.17. The van der Waals surface area contributed by atoms with Crippen molar-refractivity contribution in [2.75, 3.05) is 13.1 Å². The lowest BCUT2D eigenvalue weighted by Gasteiger charge is -2.47. The minimum absolute atomic E-state index is 0.00134. The van der Waals surface area contributed by atoms with E-state index in [-0.39, 0.29) is 5.91 Å². The minimum atomic E-state index is -0.605. The number of carbonyl (C=O) groups excluding carboxylic acids is 1. The zero-order valence-corrected chi connectivity index (χ0v) is 10.9. The van der Waals surface area contributed by atoms with Gasteiger partial charge in [-0.2, -0.15) is 0 Å². The third kappa shape index (κ3) is 2.02. The molecule has 0 radical (unpaired) electrons. The molecule has 1 saturated carbocycles. The Balaban J connectivity index is 1.64. The number of rotatable bonds is 3. The molecule has 4 heteroatoms. The summed E-state index contributed by atoms with van der Waals surface area (Å²) in [5, 5.41) is 10.2. The predicted octanol–water partition coefficient (Wildman–Crippen LogP) is 2.02. The van der Waals surface area contributed by atoms with Crippen LogP contribution < -0.4 is 0 Å². The molecule has 0 atom stereocenters. The van der Waals surface area contributed by atoms with Crippen LogP contribution in [0.2, 0.25) is 0 Å². The zero-order chi connectivity index (χ0) is 12.8. The zero-order valence-electron chi connectivity index (χ0n) is 10.1. The molecule has 3 rings (SSSR count). The van der Waals surface area contributed by atoms with Gasteiger partial charge in [0.2, 0.25) is 0 Å². The van der Waals surface area contributed by atoms with Crippen molar-refractivity contribution >= 4 is 17.5 Å². The monoisotopic (exact) mass is 265 g/mol. The van der Waals surface area contributed by atoms with Crippen molar-refractivity contribution in [1.29, 1.82) is 0 Å². The Labute approximate surface area is 111 Å². The number of halogens is 1. The van der Waals surface area contributed by atoms with Crippen LogP contribution in [0.3, 0.4) is 0 Å². The highest BCUT2D eigenvalue weighted by atomic mass is 35.5. The van der Waals surface area contributed by atoms with Crippen LogP contribution in [0.1, 0.15) is 28.8 Å². The number of nitrogens with zero attached hydrogens (tertiary/aromatic N) is 1. The first-order valence-corrected chi connectivity index (χ1v) is 6.82. The van der Waals surface area contributed by atoms with Crippen molar-refractivity contribution in [3.8, 4) is 0 Å². The van der Waals surface area contributed by atoms with E-state index in [0.717, 1.165) is 18.4 Å². The number of benzene rings is 1. The van der Waals surface area contributed by atoms with Gasteiger partial charge >= 0.3 is 0 Å². The lowest BCUT2D eigenvalue weighted by molar-refractivity contribution is -0.0958. The fourth-order valence-electron chi connectivity index (χ4n) is 2.56. The number of hydrogen-bond acceptors (Lipinski definition) is 2. The Kier molecular flexibility index (Phi) is 2.83. The number of alkyl halides is 1. The average Bonchev–Trinajstić information content (AvgIpc) is 3.19. The van der Waals surface area contributed by atoms with E-state index in [9.17, 15) is 9.90 Å². The van der Waals surface area contributed by atoms with Gasteiger partial charge in [-0.05, 0) is 36.5 Å². The molecule has 2 aliphatic rings. The topological polar surface area (TPSA) is 40.5 Å². The van der Waals surface area contributed by atoms with Gasteiger partial charge in [-0.15, -0.1) is 11.6 Å². The maximum absolute atomic E-state index is 12.1. The highest BCUT2D eigenvalue weighted by Crippen LogP contribution is 2.44. The van der Waals surface area contributed by atoms with Gasteiger partial charge in [0, 0.05) is 11.4 Å². The summed E-state index contributed by atoms with van der Waals surface area (Å²) in [6.45, 7) is 0.960. The molecular formula is C14H16ClNO2. The molecule has 2 fully saturated rings. The third-order valence-corrected chi connectivity index (χ3v) is 4.22. The Bertz CT molecular complexity index is 461. The summed E-state index contributed by atoms with van der Waals surface area (Å²) in [6, 6.07) is 7.34. The van der Waals surface area contributed by atoms with Crippen molar-refractivity contribution in [3.63, 3.8) is 0 Å². The SMILES string of the molecule is O=C(c1ccc(CCl)cc1)N1CC(O)(C2CC2)C1. The Morgan fingerprint density at radius 3 is 2.44 bits per heavy atom. The molecule has 0 spiro atoms. The van der Waals surface area contributed by atoms with Crippen LogP contribution in [-0.4, -0.2) is 34.6 Å². The molecule has 1 saturated heterocycles. The van der Waals surface area contributed by atoms with E-state index in [1.807, 2.05) is 12.1 Å². The fourth-order valence-corrected chi connectivity index (χ4v) is 2.73. The van der Waals surface area contributed by atoms with Gasteiger partial charge in [-0.25, -0.2) is 0 Å². The molecule has 0 bridgehead atoms. The second kappa shape index (κ2) is 4.25. The number of carbonyl (C=O) groups is 1. The van der Waals surface area contributed by atoms with Crippen LogP contribution >= 0.6 is 11.6 Å². The summed E-state index contributed by atoms with van der Waals surface area (Å²) >= 11 is 5.71. The Hall–Kier alpha value is -1.06. The molecule has 0 unspecified atom stereocenters. The second-order valence-electron chi connectivity index (χ2n) is 5.37. The fraction of sp³-hybridized carbons (Fsp3) is 0.500. The van der Waals surface area contributed by atoms with Crippen LogP contribution in [0.4, 0.5) is 0 Å². The largest absolute Gasteiger partial charge is 0.386 e. The summed E-state index contributed by atoms with van der Waals surface area (Å²) in [4.78, 5) is 13.9. The molecule has 1 amide bonds. The molecule has 1 aromatic rings. The van der Waals surface area contributed by atoms with E-state index in [4.69, 9.17) is 11.6 Å². The predicted molar refractivity (Wildman–Crippen MR) is 69.6 cm³/mol. The summed E-state index contributed by atoms with van der Waals surface area (Å²) in [6.07, 6.45) is 2.20. The molecular weight excluding hydrogens is 250 g/mol. The summed E-state index contributed by atoms with van der Waals surface area (Å²) in [5.74, 6) is 0.876. The van der Waals surface area contributed by atoms with E-state index < -0.39 is 5.60 Å². The quantitative estimate of drug-likeness (QED) is 0.850. The smallest absolute Gasteiger partial charge is 0.254 e. The summed E-state index contributed by atoms with van der Waals surface area (Å²) in [7, 11) is 0. The third-order valence-electron chi connectivity index (χ3n) is 3.91. The van der Waals surface area contributed by atoms with Crippen LogP contribution in [0.25, 0.3) is 0 Å². The van der Waals surface area contributed by atoms with Crippen molar-refractivity contribution < 1.29 is 9.90 Å². The van der Waals surface area contributed by atoms with Crippen LogP contribution in [-0.2, 0) is 5.88 Å². The standard InChI is InChI=1S/C14H16ClNO2/c15-7-10-1-3-11(4-2-10)13(17)16-8-14(18,9-16)12-5-6-12/h1-4,12,18H,5-9H2. The Morgan fingerprint density at radius 2 is 1.94 bits per heavy atom. The van der Waals surface area contributed by atoms with Gasteiger partial charge in [-0.1, -0.05) is 12.1 Å². The first-order chi connectivity index (χ1) is 8.62. The first kappa shape index (κ1) is 12.0. The van der Waals surface area contributed by atoms with Crippen LogP contribution in [0.15, 0.2) is 24.3 Å². The molecule has 1 N–H and O–H groups in total. The molecule has 0 aromatic heterocycles. The van der Waals surface area contributed by atoms with Crippen molar-refractivity contribution in [2.45, 2.75) is 24.3 Å². The number of likely N-dealkylation sites (tertiary alicyclic amines) is 1. The van der Waals surface area contributed by atoms with Gasteiger partial charge in [0.05, 0.1) is 13.1 Å². The summed E-state index contributed by atoms with van der Waals surface area (Å²) < 4.78 is 0. The second-order valence-corrected chi connectivity index (χ2v) is 5.64.